The van der Waals surface area contributed by atoms with Gasteiger partial charge in [-0.2, -0.15) is 0 Å². The van der Waals surface area contributed by atoms with Crippen LogP contribution >= 0.6 is 15.9 Å². The Morgan fingerprint density at radius 1 is 1.44 bits per heavy atom. The molecule has 4 heteroatoms. The molecule has 1 N–H and O–H groups in total. The van der Waals surface area contributed by atoms with Gasteiger partial charge in [-0.05, 0) is 61.4 Å². The zero-order valence-electron chi connectivity index (χ0n) is 9.83. The van der Waals surface area contributed by atoms with E-state index in [0.29, 0.717) is 5.54 Å². The average Bonchev–Trinajstić information content (AvgIpc) is 2.18. The van der Waals surface area contributed by atoms with Gasteiger partial charge in [0.1, 0.15) is 5.82 Å². The van der Waals surface area contributed by atoms with E-state index in [1.165, 1.54) is 19.3 Å². The van der Waals surface area contributed by atoms with Gasteiger partial charge in [0, 0.05) is 22.8 Å². The van der Waals surface area contributed by atoms with Crippen molar-refractivity contribution in [3.63, 3.8) is 0 Å². The number of halogens is 1. The van der Waals surface area contributed by atoms with Crippen LogP contribution < -0.4 is 5.32 Å². The fourth-order valence-electron chi connectivity index (χ4n) is 2.10. The van der Waals surface area contributed by atoms with E-state index in [1.54, 1.807) is 0 Å². The summed E-state index contributed by atoms with van der Waals surface area (Å²) in [6.07, 6.45) is 5.73. The summed E-state index contributed by atoms with van der Waals surface area (Å²) in [6, 6.07) is 4.02. The van der Waals surface area contributed by atoms with Crippen LogP contribution in [0.1, 0.15) is 19.3 Å². The van der Waals surface area contributed by atoms with Crippen LogP contribution in [0.2, 0.25) is 0 Å². The second kappa shape index (κ2) is 4.72. The summed E-state index contributed by atoms with van der Waals surface area (Å²) in [7, 11) is 4.33. The molecule has 0 aliphatic heterocycles. The van der Waals surface area contributed by atoms with Crippen molar-refractivity contribution in [1.29, 1.82) is 0 Å². The van der Waals surface area contributed by atoms with Gasteiger partial charge in [-0.3, -0.25) is 0 Å². The molecule has 0 atom stereocenters. The first-order valence-electron chi connectivity index (χ1n) is 5.65. The van der Waals surface area contributed by atoms with Crippen molar-refractivity contribution in [2.24, 2.45) is 0 Å². The molecule has 0 aromatic carbocycles. The number of anilines is 1. The van der Waals surface area contributed by atoms with Crippen LogP contribution in [0.15, 0.2) is 22.8 Å². The van der Waals surface area contributed by atoms with Gasteiger partial charge in [-0.15, -0.1) is 0 Å². The summed E-state index contributed by atoms with van der Waals surface area (Å²) in [5, 5.41) is 3.42. The van der Waals surface area contributed by atoms with Gasteiger partial charge in [-0.1, -0.05) is 0 Å². The topological polar surface area (TPSA) is 28.2 Å². The first kappa shape index (κ1) is 11.9. The summed E-state index contributed by atoms with van der Waals surface area (Å²) in [5.41, 5.74) is 0.342. The highest BCUT2D eigenvalue weighted by Gasteiger charge is 2.38. The Labute approximate surface area is 105 Å². The molecule has 2 rings (SSSR count). The van der Waals surface area contributed by atoms with E-state index in [9.17, 15) is 0 Å². The Morgan fingerprint density at radius 2 is 2.19 bits per heavy atom. The van der Waals surface area contributed by atoms with E-state index in [1.807, 2.05) is 18.3 Å². The van der Waals surface area contributed by atoms with E-state index in [2.05, 4.69) is 45.2 Å². The lowest BCUT2D eigenvalue weighted by atomic mass is 9.75. The summed E-state index contributed by atoms with van der Waals surface area (Å²) in [5.74, 6) is 0.955. The van der Waals surface area contributed by atoms with Crippen LogP contribution in [-0.4, -0.2) is 36.1 Å². The number of likely N-dealkylation sites (N-methyl/N-ethyl adjacent to an activating group) is 1. The molecule has 1 aromatic rings. The van der Waals surface area contributed by atoms with E-state index >= 15 is 0 Å². The molecule has 1 aromatic heterocycles. The minimum absolute atomic E-state index is 0.342. The monoisotopic (exact) mass is 283 g/mol. The predicted octanol–water partition coefficient (Wildman–Crippen LogP) is 2.74. The van der Waals surface area contributed by atoms with Crippen molar-refractivity contribution >= 4 is 21.7 Å². The summed E-state index contributed by atoms with van der Waals surface area (Å²) >= 11 is 3.39. The highest BCUT2D eigenvalue weighted by molar-refractivity contribution is 9.10. The number of aromatic nitrogens is 1. The molecule has 0 bridgehead atoms. The Bertz CT molecular complexity index is 344. The van der Waals surface area contributed by atoms with E-state index in [4.69, 9.17) is 0 Å². The minimum Gasteiger partial charge on any atom is -0.368 e. The Kier molecular flexibility index (Phi) is 3.50. The Morgan fingerprint density at radius 3 is 2.62 bits per heavy atom. The van der Waals surface area contributed by atoms with Gasteiger partial charge in [-0.25, -0.2) is 4.98 Å². The molecule has 88 valence electrons. The molecule has 0 amide bonds. The molecular formula is C12H18BrN3. The van der Waals surface area contributed by atoms with Crippen molar-refractivity contribution in [1.82, 2.24) is 9.88 Å². The molecule has 1 aliphatic rings. The Balaban J connectivity index is 1.93. The van der Waals surface area contributed by atoms with Crippen molar-refractivity contribution in [3.05, 3.63) is 22.8 Å². The highest BCUT2D eigenvalue weighted by atomic mass is 79.9. The van der Waals surface area contributed by atoms with Crippen LogP contribution in [0, 0.1) is 0 Å². The average molecular weight is 284 g/mol. The van der Waals surface area contributed by atoms with Crippen molar-refractivity contribution in [3.8, 4) is 0 Å². The van der Waals surface area contributed by atoms with E-state index in [-0.39, 0.29) is 0 Å². The maximum absolute atomic E-state index is 4.32. The molecule has 0 saturated heterocycles. The van der Waals surface area contributed by atoms with Gasteiger partial charge in [0.2, 0.25) is 0 Å². The van der Waals surface area contributed by atoms with Crippen LogP contribution in [0.25, 0.3) is 0 Å². The van der Waals surface area contributed by atoms with Gasteiger partial charge in [0.05, 0.1) is 0 Å². The van der Waals surface area contributed by atoms with Crippen LogP contribution in [0.5, 0.6) is 0 Å². The SMILES string of the molecule is CN(C)C1(CNc2ccc(Br)cn2)CCC1. The lowest BCUT2D eigenvalue weighted by Gasteiger charge is -2.47. The maximum Gasteiger partial charge on any atom is 0.126 e. The molecule has 0 unspecified atom stereocenters. The maximum atomic E-state index is 4.32. The first-order chi connectivity index (χ1) is 7.62. The van der Waals surface area contributed by atoms with E-state index in [0.717, 1.165) is 16.8 Å². The number of hydrogen-bond donors (Lipinski definition) is 1. The van der Waals surface area contributed by atoms with Crippen LogP contribution in [-0.2, 0) is 0 Å². The molecule has 16 heavy (non-hydrogen) atoms. The number of pyridine rings is 1. The third-order valence-electron chi connectivity index (χ3n) is 3.56. The molecule has 1 heterocycles. The molecule has 1 saturated carbocycles. The lowest BCUT2D eigenvalue weighted by Crippen LogP contribution is -2.54. The second-order valence-corrected chi connectivity index (χ2v) is 5.60. The summed E-state index contributed by atoms with van der Waals surface area (Å²) in [4.78, 5) is 6.66. The number of nitrogens with zero attached hydrogens (tertiary/aromatic N) is 2. The molecule has 1 fully saturated rings. The van der Waals surface area contributed by atoms with Gasteiger partial charge in [0.15, 0.2) is 0 Å². The summed E-state index contributed by atoms with van der Waals surface area (Å²) < 4.78 is 1.02. The normalized spacial score (nSPS) is 18.2. The fraction of sp³-hybridized carbons (Fsp3) is 0.583. The third kappa shape index (κ3) is 2.38. The molecule has 1 aliphatic carbocycles. The zero-order chi connectivity index (χ0) is 11.6. The summed E-state index contributed by atoms with van der Waals surface area (Å²) in [6.45, 7) is 0.981. The van der Waals surface area contributed by atoms with Crippen molar-refractivity contribution < 1.29 is 0 Å². The number of nitrogens with one attached hydrogen (secondary N) is 1. The third-order valence-corrected chi connectivity index (χ3v) is 4.03. The molecular weight excluding hydrogens is 266 g/mol. The van der Waals surface area contributed by atoms with Crippen molar-refractivity contribution in [2.75, 3.05) is 26.0 Å². The van der Waals surface area contributed by atoms with Gasteiger partial charge < -0.3 is 10.2 Å². The second-order valence-electron chi connectivity index (χ2n) is 4.69. The zero-order valence-corrected chi connectivity index (χ0v) is 11.4. The smallest absolute Gasteiger partial charge is 0.126 e. The molecule has 0 spiro atoms. The number of hydrogen-bond acceptors (Lipinski definition) is 3. The predicted molar refractivity (Wildman–Crippen MR) is 70.7 cm³/mol. The quantitative estimate of drug-likeness (QED) is 0.921. The number of rotatable bonds is 4. The Hall–Kier alpha value is -0.610. The highest BCUT2D eigenvalue weighted by Crippen LogP contribution is 2.36. The largest absolute Gasteiger partial charge is 0.368 e. The fourth-order valence-corrected chi connectivity index (χ4v) is 2.34. The first-order valence-corrected chi connectivity index (χ1v) is 6.45. The van der Waals surface area contributed by atoms with Gasteiger partial charge in [0.25, 0.3) is 0 Å². The van der Waals surface area contributed by atoms with Crippen molar-refractivity contribution in [2.45, 2.75) is 24.8 Å². The lowest BCUT2D eigenvalue weighted by molar-refractivity contribution is 0.0738. The van der Waals surface area contributed by atoms with Gasteiger partial charge >= 0.3 is 0 Å². The van der Waals surface area contributed by atoms with E-state index < -0.39 is 0 Å². The van der Waals surface area contributed by atoms with Crippen LogP contribution in [0.4, 0.5) is 5.82 Å². The van der Waals surface area contributed by atoms with Crippen LogP contribution in [0.3, 0.4) is 0 Å². The molecule has 0 radical (unpaired) electrons. The molecule has 3 nitrogen and oxygen atoms in total. The minimum atomic E-state index is 0.342. The standard InChI is InChI=1S/C12H18BrN3/c1-16(2)12(6-3-7-12)9-15-11-5-4-10(13)8-14-11/h4-5,8H,3,6-7,9H2,1-2H3,(H,14,15).